The van der Waals surface area contributed by atoms with Crippen LogP contribution in [0, 0.1) is 0 Å². The van der Waals surface area contributed by atoms with E-state index in [0.29, 0.717) is 25.7 Å². The van der Waals surface area contributed by atoms with Crippen molar-refractivity contribution < 1.29 is 24.5 Å². The lowest BCUT2D eigenvalue weighted by atomic mass is 10.0. The van der Waals surface area contributed by atoms with Gasteiger partial charge in [-0.05, 0) is 38.5 Å². The smallest absolute Gasteiger partial charge is 0.306 e. The third-order valence-corrected chi connectivity index (χ3v) is 8.99. The summed E-state index contributed by atoms with van der Waals surface area (Å²) in [6.45, 7) is 6.25. The third-order valence-electron chi connectivity index (χ3n) is 8.99. The highest BCUT2D eigenvalue weighted by atomic mass is 16.5. The molecule has 0 heterocycles. The summed E-state index contributed by atoms with van der Waals surface area (Å²) in [5.74, 6) is -0.573. The van der Waals surface area contributed by atoms with Crippen molar-refractivity contribution in [1.29, 1.82) is 0 Å². The first-order valence-electron chi connectivity index (χ1n) is 20.6. The molecule has 0 aliphatic carbocycles. The number of aliphatic hydroxyl groups is 2. The second kappa shape index (κ2) is 37.8. The predicted octanol–water partition coefficient (Wildman–Crippen LogP) is 11.3. The highest BCUT2D eigenvalue weighted by Crippen LogP contribution is 2.17. The molecule has 6 heteroatoms. The number of rotatable bonds is 35. The van der Waals surface area contributed by atoms with E-state index in [-0.39, 0.29) is 24.9 Å². The van der Waals surface area contributed by atoms with Crippen LogP contribution in [-0.2, 0) is 14.3 Å². The van der Waals surface area contributed by atoms with E-state index in [0.717, 1.165) is 51.4 Å². The first kappa shape index (κ1) is 47.6. The van der Waals surface area contributed by atoms with Gasteiger partial charge in [-0.3, -0.25) is 9.59 Å². The number of aliphatic hydroxyl groups excluding tert-OH is 2. The Morgan fingerprint density at radius 2 is 1.06 bits per heavy atom. The number of allylic oxidation sites excluding steroid dienone is 10. The minimum absolute atomic E-state index is 0.0472. The van der Waals surface area contributed by atoms with Crippen LogP contribution in [0.3, 0.4) is 0 Å². The molecule has 0 radical (unpaired) electrons. The Balaban J connectivity index is 4.63. The molecule has 0 spiro atoms. The highest BCUT2D eigenvalue weighted by molar-refractivity contribution is 5.77. The second-order valence-electron chi connectivity index (χ2n) is 13.8. The van der Waals surface area contributed by atoms with Crippen LogP contribution in [0.2, 0.25) is 0 Å². The van der Waals surface area contributed by atoms with Crippen molar-refractivity contribution in [3.8, 4) is 0 Å². The van der Waals surface area contributed by atoms with Crippen molar-refractivity contribution in [3.63, 3.8) is 0 Å². The highest BCUT2D eigenvalue weighted by Gasteiger charge is 2.24. The van der Waals surface area contributed by atoms with Gasteiger partial charge >= 0.3 is 5.97 Å². The Labute approximate surface area is 308 Å². The number of hydrogen-bond acceptors (Lipinski definition) is 5. The Hall–Kier alpha value is -2.44. The summed E-state index contributed by atoms with van der Waals surface area (Å²) in [6.07, 6.45) is 44.4. The zero-order chi connectivity index (χ0) is 36.8. The largest absolute Gasteiger partial charge is 0.462 e. The fraction of sp³-hybridized carbons (Fsp3) is 0.727. The quantitative estimate of drug-likeness (QED) is 0.0348. The number of unbranched alkanes of at least 4 members (excludes halogenated alkanes) is 17. The second-order valence-corrected chi connectivity index (χ2v) is 13.8. The number of hydrogen-bond donors (Lipinski definition) is 3. The summed E-state index contributed by atoms with van der Waals surface area (Å²) in [5, 5.41) is 23.5. The molecule has 0 aliphatic heterocycles. The SMILES string of the molecule is CC/C=C/C=C/C=C\C=C/C=C/CCCC(=O)OC(CCCCCCCCC)CC(=O)NC(CO)C(O)CCCCCCCCCCCCC. The Morgan fingerprint density at radius 1 is 0.600 bits per heavy atom. The lowest BCUT2D eigenvalue weighted by Gasteiger charge is -2.24. The summed E-state index contributed by atoms with van der Waals surface area (Å²) < 4.78 is 5.81. The first-order chi connectivity index (χ1) is 24.5. The molecule has 3 unspecified atom stereocenters. The van der Waals surface area contributed by atoms with Gasteiger partial charge in [0.1, 0.15) is 6.10 Å². The van der Waals surface area contributed by atoms with Crippen LogP contribution in [0.15, 0.2) is 60.8 Å². The molecule has 3 atom stereocenters. The van der Waals surface area contributed by atoms with Crippen LogP contribution < -0.4 is 5.32 Å². The van der Waals surface area contributed by atoms with Gasteiger partial charge in [0.05, 0.1) is 25.2 Å². The fourth-order valence-electron chi connectivity index (χ4n) is 5.87. The summed E-state index contributed by atoms with van der Waals surface area (Å²) in [4.78, 5) is 25.7. The molecule has 288 valence electrons. The average molecular weight is 700 g/mol. The molecule has 0 saturated heterocycles. The van der Waals surface area contributed by atoms with Crippen LogP contribution in [-0.4, -0.2) is 46.9 Å². The molecule has 0 fully saturated rings. The van der Waals surface area contributed by atoms with Crippen molar-refractivity contribution in [2.75, 3.05) is 6.61 Å². The lowest BCUT2D eigenvalue weighted by Crippen LogP contribution is -2.46. The molecular formula is C44H77NO5. The van der Waals surface area contributed by atoms with Gasteiger partial charge in [-0.1, -0.05) is 191 Å². The number of ether oxygens (including phenoxy) is 1. The molecule has 0 saturated carbocycles. The van der Waals surface area contributed by atoms with Gasteiger partial charge in [0.2, 0.25) is 5.91 Å². The van der Waals surface area contributed by atoms with E-state index in [4.69, 9.17) is 4.74 Å². The number of carbonyl (C=O) groups is 2. The average Bonchev–Trinajstić information content (AvgIpc) is 3.10. The molecule has 50 heavy (non-hydrogen) atoms. The van der Waals surface area contributed by atoms with E-state index in [1.54, 1.807) is 0 Å². The molecule has 3 N–H and O–H groups in total. The summed E-state index contributed by atoms with van der Waals surface area (Å²) in [5.41, 5.74) is 0. The topological polar surface area (TPSA) is 95.9 Å². The first-order valence-corrected chi connectivity index (χ1v) is 20.6. The maximum atomic E-state index is 13.0. The van der Waals surface area contributed by atoms with Crippen LogP contribution in [0.25, 0.3) is 0 Å². The van der Waals surface area contributed by atoms with E-state index in [9.17, 15) is 19.8 Å². The monoisotopic (exact) mass is 700 g/mol. The van der Waals surface area contributed by atoms with Gasteiger partial charge in [0.25, 0.3) is 0 Å². The zero-order valence-corrected chi connectivity index (χ0v) is 32.5. The zero-order valence-electron chi connectivity index (χ0n) is 32.5. The summed E-state index contributed by atoms with van der Waals surface area (Å²) >= 11 is 0. The van der Waals surface area contributed by atoms with Gasteiger partial charge in [0, 0.05) is 6.42 Å². The van der Waals surface area contributed by atoms with Gasteiger partial charge in [-0.15, -0.1) is 0 Å². The molecule has 0 aliphatic rings. The van der Waals surface area contributed by atoms with Crippen molar-refractivity contribution in [1.82, 2.24) is 5.32 Å². The van der Waals surface area contributed by atoms with E-state index in [2.05, 4.69) is 32.2 Å². The van der Waals surface area contributed by atoms with Crippen LogP contribution in [0.1, 0.15) is 181 Å². The van der Waals surface area contributed by atoms with E-state index in [1.165, 1.54) is 77.0 Å². The van der Waals surface area contributed by atoms with Crippen molar-refractivity contribution >= 4 is 11.9 Å². The van der Waals surface area contributed by atoms with Crippen molar-refractivity contribution in [2.24, 2.45) is 0 Å². The van der Waals surface area contributed by atoms with Crippen LogP contribution in [0.5, 0.6) is 0 Å². The van der Waals surface area contributed by atoms with Gasteiger partial charge in [-0.25, -0.2) is 0 Å². The van der Waals surface area contributed by atoms with Gasteiger partial charge in [0.15, 0.2) is 0 Å². The fourth-order valence-corrected chi connectivity index (χ4v) is 5.87. The predicted molar refractivity (Wildman–Crippen MR) is 213 cm³/mol. The molecular weight excluding hydrogens is 622 g/mol. The minimum Gasteiger partial charge on any atom is -0.462 e. The van der Waals surface area contributed by atoms with Crippen LogP contribution >= 0.6 is 0 Å². The number of esters is 1. The van der Waals surface area contributed by atoms with Crippen LogP contribution in [0.4, 0.5) is 0 Å². The Morgan fingerprint density at radius 3 is 1.56 bits per heavy atom. The number of carbonyl (C=O) groups excluding carboxylic acids is 2. The van der Waals surface area contributed by atoms with E-state index in [1.807, 2.05) is 54.7 Å². The van der Waals surface area contributed by atoms with Gasteiger partial charge in [-0.2, -0.15) is 0 Å². The molecule has 1 amide bonds. The normalized spacial score (nSPS) is 14.1. The standard InChI is InChI=1S/C44H77NO5/c1-4-7-10-13-16-18-20-21-23-25-28-31-34-37-44(49)50-40(35-32-29-26-15-12-9-6-3)38-43(48)45-41(39-46)42(47)36-33-30-27-24-22-19-17-14-11-8-5-2/h7,10,13,16,18,20-21,23,25,28,40-42,46-47H,4-6,8-9,11-12,14-15,17,19,22,24,26-27,29-39H2,1-3H3,(H,45,48)/b10-7+,16-13+,20-18-,23-21-,28-25+. The van der Waals surface area contributed by atoms with Gasteiger partial charge < -0.3 is 20.3 Å². The maximum Gasteiger partial charge on any atom is 0.306 e. The number of nitrogens with one attached hydrogen (secondary N) is 1. The Kier molecular flexibility index (Phi) is 36.0. The van der Waals surface area contributed by atoms with E-state index >= 15 is 0 Å². The van der Waals surface area contributed by atoms with Crippen molar-refractivity contribution in [3.05, 3.63) is 60.8 Å². The molecule has 0 aromatic heterocycles. The van der Waals surface area contributed by atoms with Crippen molar-refractivity contribution in [2.45, 2.75) is 200 Å². The van der Waals surface area contributed by atoms with E-state index < -0.39 is 18.2 Å². The molecule has 0 aromatic rings. The lowest BCUT2D eigenvalue weighted by molar-refractivity contribution is -0.151. The third kappa shape index (κ3) is 32.7. The Bertz CT molecular complexity index is 921. The molecule has 0 aromatic carbocycles. The summed E-state index contributed by atoms with van der Waals surface area (Å²) in [7, 11) is 0. The maximum absolute atomic E-state index is 13.0. The molecule has 6 nitrogen and oxygen atoms in total. The molecule has 0 bridgehead atoms. The summed E-state index contributed by atoms with van der Waals surface area (Å²) in [6, 6.07) is -0.712. The minimum atomic E-state index is -0.796. The number of amides is 1. The molecule has 0 rings (SSSR count).